The molecule has 0 bridgehead atoms. The number of halogens is 2. The molecule has 0 aliphatic carbocycles. The molecule has 4 aliphatic rings. The van der Waals surface area contributed by atoms with Crippen molar-refractivity contribution >= 4 is 29.0 Å². The molecule has 1 aromatic carbocycles. The fraction of sp³-hybridized carbons (Fsp3) is 0.100. The molecular weight excluding hydrogens is 364 g/mol. The predicted octanol–water partition coefficient (Wildman–Crippen LogP) is 1.12. The van der Waals surface area contributed by atoms with E-state index in [1.165, 1.54) is 12.1 Å². The molecule has 0 aromatic heterocycles. The number of aromatic nitrogens is 2. The molecular formula is C20H15F2N5O. The molecule has 0 amide bonds. The van der Waals surface area contributed by atoms with E-state index in [1.54, 1.807) is 29.4 Å². The molecule has 0 radical (unpaired) electrons. The van der Waals surface area contributed by atoms with Crippen molar-refractivity contribution in [2.24, 2.45) is 5.73 Å². The smallest absolute Gasteiger partial charge is 0.258 e. The summed E-state index contributed by atoms with van der Waals surface area (Å²) in [5.41, 5.74) is 8.16. The zero-order valence-electron chi connectivity index (χ0n) is 14.8. The van der Waals surface area contributed by atoms with Crippen LogP contribution >= 0.6 is 0 Å². The van der Waals surface area contributed by atoms with Gasteiger partial charge in [-0.05, 0) is 24.3 Å². The highest BCUT2D eigenvalue weighted by molar-refractivity contribution is 5.92. The second-order valence-electron chi connectivity index (χ2n) is 6.75. The molecule has 0 saturated heterocycles. The van der Waals surface area contributed by atoms with Crippen LogP contribution in [0, 0.1) is 11.6 Å². The van der Waals surface area contributed by atoms with Gasteiger partial charge in [-0.2, -0.15) is 0 Å². The molecule has 3 N–H and O–H groups in total. The second-order valence-corrected chi connectivity index (χ2v) is 6.75. The third-order valence-corrected chi connectivity index (χ3v) is 5.10. The molecule has 5 rings (SSSR count). The molecule has 28 heavy (non-hydrogen) atoms. The predicted molar refractivity (Wildman–Crippen MR) is 104 cm³/mol. The monoisotopic (exact) mass is 379 g/mol. The summed E-state index contributed by atoms with van der Waals surface area (Å²) < 4.78 is 27.9. The summed E-state index contributed by atoms with van der Waals surface area (Å²) in [6, 6.07) is 3.39. The molecule has 4 heterocycles. The maximum absolute atomic E-state index is 14.5. The summed E-state index contributed by atoms with van der Waals surface area (Å²) in [5.74, 6) is -0.952. The van der Waals surface area contributed by atoms with Crippen molar-refractivity contribution in [2.45, 2.75) is 0 Å². The normalized spacial score (nSPS) is 15.0. The van der Waals surface area contributed by atoms with Crippen LogP contribution in [0.25, 0.3) is 22.9 Å². The van der Waals surface area contributed by atoms with Crippen LogP contribution in [0.4, 0.5) is 26.0 Å². The Balaban J connectivity index is 1.87. The van der Waals surface area contributed by atoms with Crippen molar-refractivity contribution in [3.8, 4) is 11.1 Å². The molecule has 1 aromatic rings. The van der Waals surface area contributed by atoms with E-state index < -0.39 is 11.6 Å². The van der Waals surface area contributed by atoms with Crippen LogP contribution in [-0.2, 0) is 0 Å². The van der Waals surface area contributed by atoms with E-state index in [-0.39, 0.29) is 17.8 Å². The third-order valence-electron chi connectivity index (χ3n) is 5.10. The van der Waals surface area contributed by atoms with Gasteiger partial charge in [0.25, 0.3) is 5.56 Å². The maximum Gasteiger partial charge on any atom is 0.258 e. The summed E-state index contributed by atoms with van der Waals surface area (Å²) in [4.78, 5) is 23.7. The standard InChI is InChI=1S/C20H15F2N5O/c1-26-6-4-13(23)11-9-24-19-16-14(25-20(28)17(16)18(11)26)5-7-27(19)15-3-2-10(21)8-12(15)22/h2-6,8-9H,7,23H2,1H3,(H,25,28). The summed E-state index contributed by atoms with van der Waals surface area (Å²) in [5, 5.41) is 1.24. The van der Waals surface area contributed by atoms with Crippen molar-refractivity contribution in [3.63, 3.8) is 0 Å². The Morgan fingerprint density at radius 2 is 2.07 bits per heavy atom. The lowest BCUT2D eigenvalue weighted by Crippen LogP contribution is -2.27. The number of hydrogen-bond donors (Lipinski definition) is 2. The molecule has 0 unspecified atom stereocenters. The Labute approximate surface area is 157 Å². The first-order chi connectivity index (χ1) is 13.5. The van der Waals surface area contributed by atoms with Crippen LogP contribution < -0.4 is 31.7 Å². The van der Waals surface area contributed by atoms with Gasteiger partial charge in [0, 0.05) is 43.0 Å². The molecule has 0 saturated carbocycles. The number of hydrogen-bond acceptors (Lipinski definition) is 5. The number of fused-ring (bicyclic) bond motifs is 2. The Hall–Kier alpha value is -3.68. The van der Waals surface area contributed by atoms with Crippen LogP contribution in [0.1, 0.15) is 0 Å². The van der Waals surface area contributed by atoms with Gasteiger partial charge < -0.3 is 20.5 Å². The fourth-order valence-electron chi connectivity index (χ4n) is 3.81. The Bertz CT molecular complexity index is 1330. The second kappa shape index (κ2) is 5.66. The fourth-order valence-corrected chi connectivity index (χ4v) is 3.81. The lowest BCUT2D eigenvalue weighted by molar-refractivity contribution is 0.583. The first kappa shape index (κ1) is 16.5. The van der Waals surface area contributed by atoms with Gasteiger partial charge >= 0.3 is 0 Å². The molecule has 0 atom stereocenters. The van der Waals surface area contributed by atoms with E-state index in [4.69, 9.17) is 5.73 Å². The SMILES string of the molecule is CN1C=CC(N)=c2cnc3c4c([nH]c(=O)c-4c21)=CCN3c1ccc(F)cc1F. The minimum Gasteiger partial charge on any atom is -0.398 e. The summed E-state index contributed by atoms with van der Waals surface area (Å²) >= 11 is 0. The molecule has 0 fully saturated rings. The van der Waals surface area contributed by atoms with Gasteiger partial charge in [0.15, 0.2) is 0 Å². The van der Waals surface area contributed by atoms with Crippen LogP contribution in [0.2, 0.25) is 0 Å². The van der Waals surface area contributed by atoms with E-state index in [2.05, 4.69) is 9.97 Å². The topological polar surface area (TPSA) is 78.2 Å². The zero-order chi connectivity index (χ0) is 19.6. The number of nitrogens with zero attached hydrogens (tertiary/aromatic N) is 3. The highest BCUT2D eigenvalue weighted by atomic mass is 19.1. The zero-order valence-corrected chi connectivity index (χ0v) is 14.8. The summed E-state index contributed by atoms with van der Waals surface area (Å²) in [7, 11) is 1.82. The number of aromatic amines is 1. The van der Waals surface area contributed by atoms with E-state index in [0.29, 0.717) is 38.9 Å². The van der Waals surface area contributed by atoms with Gasteiger partial charge in [0.2, 0.25) is 0 Å². The first-order valence-electron chi connectivity index (χ1n) is 8.64. The van der Waals surface area contributed by atoms with E-state index in [1.807, 2.05) is 11.9 Å². The Morgan fingerprint density at radius 3 is 2.86 bits per heavy atom. The van der Waals surface area contributed by atoms with E-state index in [0.717, 1.165) is 6.07 Å². The molecule has 0 spiro atoms. The highest BCUT2D eigenvalue weighted by Crippen LogP contribution is 2.36. The number of anilines is 3. The Morgan fingerprint density at radius 1 is 1.25 bits per heavy atom. The quantitative estimate of drug-likeness (QED) is 0.663. The lowest BCUT2D eigenvalue weighted by Gasteiger charge is -2.26. The minimum atomic E-state index is -0.703. The van der Waals surface area contributed by atoms with Gasteiger partial charge in [-0.3, -0.25) is 4.79 Å². The average molecular weight is 379 g/mol. The number of rotatable bonds is 1. The highest BCUT2D eigenvalue weighted by Gasteiger charge is 2.29. The largest absolute Gasteiger partial charge is 0.398 e. The van der Waals surface area contributed by atoms with Crippen molar-refractivity contribution < 1.29 is 8.78 Å². The van der Waals surface area contributed by atoms with Crippen LogP contribution in [-0.4, -0.2) is 23.6 Å². The number of nitrogens with two attached hydrogens (primary N) is 1. The van der Waals surface area contributed by atoms with E-state index in [9.17, 15) is 13.6 Å². The van der Waals surface area contributed by atoms with Crippen molar-refractivity contribution in [1.29, 1.82) is 0 Å². The van der Waals surface area contributed by atoms with Crippen molar-refractivity contribution in [2.75, 3.05) is 23.4 Å². The number of H-pyrrole nitrogens is 1. The molecule has 6 nitrogen and oxygen atoms in total. The number of nitrogens with one attached hydrogen (secondary N) is 1. The van der Waals surface area contributed by atoms with Gasteiger partial charge in [0.05, 0.1) is 27.9 Å². The molecule has 8 heteroatoms. The van der Waals surface area contributed by atoms with Gasteiger partial charge in [-0.25, -0.2) is 13.8 Å². The van der Waals surface area contributed by atoms with E-state index >= 15 is 0 Å². The lowest BCUT2D eigenvalue weighted by atomic mass is 10.0. The van der Waals surface area contributed by atoms with Crippen LogP contribution in [0.3, 0.4) is 0 Å². The molecule has 140 valence electrons. The van der Waals surface area contributed by atoms with Gasteiger partial charge in [-0.15, -0.1) is 0 Å². The average Bonchev–Trinajstić information content (AvgIpc) is 2.86. The molecule has 4 aliphatic heterocycles. The van der Waals surface area contributed by atoms with Gasteiger partial charge in [0.1, 0.15) is 17.5 Å². The van der Waals surface area contributed by atoms with Crippen molar-refractivity contribution in [1.82, 2.24) is 9.97 Å². The first-order valence-corrected chi connectivity index (χ1v) is 8.64. The Kier molecular flexibility index (Phi) is 3.33. The van der Waals surface area contributed by atoms with Crippen LogP contribution in [0.15, 0.2) is 41.5 Å². The minimum absolute atomic E-state index is 0.179. The van der Waals surface area contributed by atoms with Crippen molar-refractivity contribution in [3.05, 3.63) is 69.2 Å². The number of benzene rings is 1. The maximum atomic E-state index is 14.5. The van der Waals surface area contributed by atoms with Crippen LogP contribution in [0.5, 0.6) is 0 Å². The summed E-state index contributed by atoms with van der Waals surface area (Å²) in [6.45, 7) is 0.277. The van der Waals surface area contributed by atoms with Gasteiger partial charge in [-0.1, -0.05) is 0 Å². The summed E-state index contributed by atoms with van der Waals surface area (Å²) in [6.07, 6.45) is 6.88. The third kappa shape index (κ3) is 2.17.